The number of rotatable bonds is 12. The molecule has 0 radical (unpaired) electrons. The zero-order chi connectivity index (χ0) is 27.9. The average molecular weight is 586 g/mol. The van der Waals surface area contributed by atoms with Gasteiger partial charge in [0.15, 0.2) is 11.5 Å². The molecule has 3 heterocycles. The van der Waals surface area contributed by atoms with Gasteiger partial charge in [-0.25, -0.2) is 15.5 Å². The van der Waals surface area contributed by atoms with Gasteiger partial charge in [-0.1, -0.05) is 23.7 Å². The maximum atomic E-state index is 12.2. The van der Waals surface area contributed by atoms with Gasteiger partial charge in [0.25, 0.3) is 5.56 Å². The smallest absolute Gasteiger partial charge is 0.338 e. The number of aliphatic hydroxyl groups excluding tert-OH is 1. The lowest BCUT2D eigenvalue weighted by Crippen LogP contribution is -2.26. The summed E-state index contributed by atoms with van der Waals surface area (Å²) in [7, 11) is 0. The minimum Gasteiger partial charge on any atom is -0.609 e. The number of H-pyrrole nitrogens is 2. The molecular formula is C25H24ClN7O6S. The molecular weight excluding hydrogens is 562 g/mol. The molecule has 0 saturated carbocycles. The van der Waals surface area contributed by atoms with Gasteiger partial charge in [0.2, 0.25) is 12.7 Å². The molecule has 0 fully saturated rings. The van der Waals surface area contributed by atoms with E-state index in [4.69, 9.17) is 25.8 Å². The SMILES string of the molecule is O=c1cc(Cc2cc(COC[C@@H](O)C[S+]([O-])c3ncn[nH]3)ccc2Cl)nc(N/N=C/c2ccc3c(c2)OCO3)[nH]1. The van der Waals surface area contributed by atoms with E-state index in [1.807, 2.05) is 12.1 Å². The largest absolute Gasteiger partial charge is 0.609 e. The van der Waals surface area contributed by atoms with E-state index >= 15 is 0 Å². The number of halogens is 1. The number of aliphatic hydroxyl groups is 1. The number of nitrogens with zero attached hydrogens (tertiary/aromatic N) is 4. The van der Waals surface area contributed by atoms with Crippen molar-refractivity contribution in [2.45, 2.75) is 24.3 Å². The molecule has 2 aromatic carbocycles. The Bertz CT molecular complexity index is 1530. The number of aromatic amines is 2. The van der Waals surface area contributed by atoms with Crippen molar-refractivity contribution in [1.82, 2.24) is 25.1 Å². The number of nitrogens with one attached hydrogen (secondary N) is 3. The lowest BCUT2D eigenvalue weighted by atomic mass is 10.1. The van der Waals surface area contributed by atoms with E-state index in [0.29, 0.717) is 22.2 Å². The predicted octanol–water partition coefficient (Wildman–Crippen LogP) is 1.99. The van der Waals surface area contributed by atoms with Gasteiger partial charge in [-0.3, -0.25) is 9.78 Å². The standard InChI is InChI=1S/C25H24ClN7O6S/c26-20-3-1-16(10-37-11-19(34)12-40(36)25-27-13-29-33-25)5-17(20)7-18-8-23(35)31-24(30-18)32-28-9-15-2-4-21-22(6-15)39-14-38-21/h1-6,8-9,13,19,34H,7,10-12,14H2,(H,27,29,33)(H2,30,31,32,35)/b28-9+/t19-,40?/m1/s1. The summed E-state index contributed by atoms with van der Waals surface area (Å²) in [5, 5.41) is 21.1. The lowest BCUT2D eigenvalue weighted by Gasteiger charge is -2.13. The van der Waals surface area contributed by atoms with Crippen LogP contribution in [0.4, 0.5) is 5.95 Å². The number of aromatic nitrogens is 5. The predicted molar refractivity (Wildman–Crippen MR) is 146 cm³/mol. The monoisotopic (exact) mass is 585 g/mol. The van der Waals surface area contributed by atoms with E-state index < -0.39 is 17.3 Å². The van der Waals surface area contributed by atoms with Crippen molar-refractivity contribution in [3.63, 3.8) is 0 Å². The molecule has 4 aromatic rings. The maximum absolute atomic E-state index is 12.2. The molecule has 0 aliphatic carbocycles. The second kappa shape index (κ2) is 12.9. The van der Waals surface area contributed by atoms with E-state index in [-0.39, 0.29) is 48.8 Å². The second-order valence-electron chi connectivity index (χ2n) is 8.64. The summed E-state index contributed by atoms with van der Waals surface area (Å²) in [6.07, 6.45) is 2.16. The fourth-order valence-corrected chi connectivity index (χ4v) is 4.89. The summed E-state index contributed by atoms with van der Waals surface area (Å²) in [6.45, 7) is 0.360. The highest BCUT2D eigenvalue weighted by atomic mass is 35.5. The molecule has 0 spiro atoms. The van der Waals surface area contributed by atoms with Crippen LogP contribution in [0.5, 0.6) is 11.5 Å². The Morgan fingerprint density at radius 1 is 1.25 bits per heavy atom. The van der Waals surface area contributed by atoms with Gasteiger partial charge >= 0.3 is 5.16 Å². The van der Waals surface area contributed by atoms with Crippen LogP contribution < -0.4 is 20.5 Å². The van der Waals surface area contributed by atoms with Crippen molar-refractivity contribution >= 4 is 34.9 Å². The number of fused-ring (bicyclic) bond motifs is 1. The van der Waals surface area contributed by atoms with Crippen molar-refractivity contribution in [3.05, 3.63) is 86.6 Å². The van der Waals surface area contributed by atoms with E-state index in [2.05, 4.69) is 35.7 Å². The number of ether oxygens (including phenoxy) is 3. The molecule has 1 unspecified atom stereocenters. The number of hydrogen-bond acceptors (Lipinski definition) is 11. The Kier molecular flexibility index (Phi) is 8.93. The maximum Gasteiger partial charge on any atom is 0.338 e. The normalized spacial score (nSPS) is 14.0. The summed E-state index contributed by atoms with van der Waals surface area (Å²) < 4.78 is 28.4. The third-order valence-corrected chi connectivity index (χ3v) is 7.27. The topological polar surface area (TPSA) is 183 Å². The van der Waals surface area contributed by atoms with Crippen molar-refractivity contribution in [1.29, 1.82) is 0 Å². The molecule has 0 amide bonds. The minimum absolute atomic E-state index is 0.0186. The highest BCUT2D eigenvalue weighted by Crippen LogP contribution is 2.32. The third-order valence-electron chi connectivity index (χ3n) is 5.59. The Balaban J connectivity index is 1.16. The zero-order valence-electron chi connectivity index (χ0n) is 20.9. The van der Waals surface area contributed by atoms with Crippen LogP contribution in [0.3, 0.4) is 0 Å². The van der Waals surface area contributed by atoms with Gasteiger partial charge < -0.3 is 23.9 Å². The first-order valence-electron chi connectivity index (χ1n) is 12.0. The van der Waals surface area contributed by atoms with Crippen LogP contribution >= 0.6 is 11.6 Å². The van der Waals surface area contributed by atoms with Crippen molar-refractivity contribution < 1.29 is 23.9 Å². The molecule has 1 aliphatic heterocycles. The highest BCUT2D eigenvalue weighted by Gasteiger charge is 2.20. The molecule has 0 saturated heterocycles. The first kappa shape index (κ1) is 27.6. The van der Waals surface area contributed by atoms with Gasteiger partial charge in [0.1, 0.15) is 18.2 Å². The molecule has 2 atom stereocenters. The molecule has 208 valence electrons. The van der Waals surface area contributed by atoms with Crippen LogP contribution in [0, 0.1) is 0 Å². The summed E-state index contributed by atoms with van der Waals surface area (Å²) >= 11 is 4.90. The van der Waals surface area contributed by atoms with Gasteiger partial charge in [0, 0.05) is 28.7 Å². The number of hydrogen-bond donors (Lipinski definition) is 4. The Morgan fingerprint density at radius 2 is 2.12 bits per heavy atom. The van der Waals surface area contributed by atoms with Crippen molar-refractivity contribution in [2.24, 2.45) is 5.10 Å². The molecule has 40 heavy (non-hydrogen) atoms. The van der Waals surface area contributed by atoms with E-state index in [9.17, 15) is 14.5 Å². The van der Waals surface area contributed by atoms with Gasteiger partial charge in [-0.2, -0.15) is 15.2 Å². The quantitative estimate of drug-likeness (QED) is 0.109. The van der Waals surface area contributed by atoms with Gasteiger partial charge in [0.05, 0.1) is 25.1 Å². The first-order chi connectivity index (χ1) is 19.4. The van der Waals surface area contributed by atoms with Crippen LogP contribution in [0.1, 0.15) is 22.4 Å². The number of hydrazone groups is 1. The Morgan fingerprint density at radius 3 is 2.98 bits per heavy atom. The Labute approximate surface area is 235 Å². The summed E-state index contributed by atoms with van der Waals surface area (Å²) in [4.78, 5) is 23.1. The van der Waals surface area contributed by atoms with Crippen LogP contribution in [0.25, 0.3) is 0 Å². The molecule has 0 bridgehead atoms. The highest BCUT2D eigenvalue weighted by molar-refractivity contribution is 7.91. The molecule has 13 nitrogen and oxygen atoms in total. The Hall–Kier alpha value is -3.95. The molecule has 2 aromatic heterocycles. The minimum atomic E-state index is -1.51. The van der Waals surface area contributed by atoms with Crippen molar-refractivity contribution in [3.8, 4) is 11.5 Å². The fourth-order valence-electron chi connectivity index (χ4n) is 3.78. The van der Waals surface area contributed by atoms with E-state index in [1.54, 1.807) is 30.5 Å². The summed E-state index contributed by atoms with van der Waals surface area (Å²) in [5.41, 5.74) is 5.19. The zero-order valence-corrected chi connectivity index (χ0v) is 22.4. The van der Waals surface area contributed by atoms with Crippen LogP contribution in [-0.2, 0) is 28.9 Å². The molecule has 4 N–H and O–H groups in total. The van der Waals surface area contributed by atoms with Crippen LogP contribution in [0.2, 0.25) is 5.02 Å². The second-order valence-corrected chi connectivity index (χ2v) is 10.5. The van der Waals surface area contributed by atoms with E-state index in [1.165, 1.54) is 12.4 Å². The fraction of sp³-hybridized carbons (Fsp3) is 0.240. The third kappa shape index (κ3) is 7.37. The number of anilines is 1. The van der Waals surface area contributed by atoms with Gasteiger partial charge in [-0.15, -0.1) is 0 Å². The molecule has 15 heteroatoms. The summed E-state index contributed by atoms with van der Waals surface area (Å²) in [6, 6.07) is 12.2. The molecule has 1 aliphatic rings. The van der Waals surface area contributed by atoms with E-state index in [0.717, 1.165) is 16.7 Å². The van der Waals surface area contributed by atoms with Crippen LogP contribution in [-0.4, -0.2) is 66.3 Å². The van der Waals surface area contributed by atoms with Gasteiger partial charge in [-0.05, 0) is 41.0 Å². The first-order valence-corrected chi connectivity index (χ1v) is 13.7. The molecule has 5 rings (SSSR count). The number of benzene rings is 2. The lowest BCUT2D eigenvalue weighted by molar-refractivity contribution is 0.0390. The van der Waals surface area contributed by atoms with Crippen LogP contribution in [0.15, 0.2) is 63.8 Å². The van der Waals surface area contributed by atoms with Crippen molar-refractivity contribution in [2.75, 3.05) is 24.6 Å². The summed E-state index contributed by atoms with van der Waals surface area (Å²) in [5.74, 6) is 1.45. The average Bonchev–Trinajstić information content (AvgIpc) is 3.63.